The number of hydrogen-bond acceptors (Lipinski definition) is 2. The molecule has 0 heterocycles. The van der Waals surface area contributed by atoms with E-state index >= 15 is 0 Å². The molecule has 0 aromatic heterocycles. The Morgan fingerprint density at radius 2 is 2.00 bits per heavy atom. The monoisotopic (exact) mass is 374 g/mol. The van der Waals surface area contributed by atoms with Gasteiger partial charge in [0, 0.05) is 13.5 Å². The van der Waals surface area contributed by atoms with Crippen molar-refractivity contribution in [2.75, 3.05) is 20.3 Å². The van der Waals surface area contributed by atoms with E-state index in [4.69, 9.17) is 21.1 Å². The average molecular weight is 376 g/mol. The number of hydrogen-bond donors (Lipinski definition) is 0. The summed E-state index contributed by atoms with van der Waals surface area (Å²) in [6.07, 6.45) is -5.24. The Hall–Kier alpha value is -0.460. The van der Waals surface area contributed by atoms with E-state index in [1.54, 1.807) is 25.3 Å². The third-order valence-corrected chi connectivity index (χ3v) is 3.63. The second-order valence-electron chi connectivity index (χ2n) is 4.15. The lowest BCUT2D eigenvalue weighted by Gasteiger charge is -2.14. The minimum absolute atomic E-state index is 0.151. The first kappa shape index (κ1) is 17.6. The van der Waals surface area contributed by atoms with Gasteiger partial charge in [-0.2, -0.15) is 13.2 Å². The summed E-state index contributed by atoms with van der Waals surface area (Å²) in [6.45, 7) is 0.852. The highest BCUT2D eigenvalue weighted by Crippen LogP contribution is 2.35. The lowest BCUT2D eigenvalue weighted by atomic mass is 10.1. The number of rotatable bonds is 7. The summed E-state index contributed by atoms with van der Waals surface area (Å²) in [7, 11) is 1.57. The number of methoxy groups -OCH3 is 1. The van der Waals surface area contributed by atoms with E-state index in [9.17, 15) is 13.2 Å². The highest BCUT2D eigenvalue weighted by Gasteiger charge is 2.28. The van der Waals surface area contributed by atoms with Gasteiger partial charge in [0.05, 0.1) is 16.5 Å². The first-order chi connectivity index (χ1) is 9.33. The van der Waals surface area contributed by atoms with Gasteiger partial charge < -0.3 is 9.47 Å². The lowest BCUT2D eigenvalue weighted by molar-refractivity contribution is -0.135. The van der Waals surface area contributed by atoms with E-state index in [2.05, 4.69) is 15.9 Å². The van der Waals surface area contributed by atoms with Gasteiger partial charge >= 0.3 is 6.18 Å². The van der Waals surface area contributed by atoms with Crippen LogP contribution in [0.25, 0.3) is 0 Å². The van der Waals surface area contributed by atoms with E-state index in [-0.39, 0.29) is 6.42 Å². The molecule has 1 unspecified atom stereocenters. The smallest absolute Gasteiger partial charge is 0.389 e. The van der Waals surface area contributed by atoms with Gasteiger partial charge in [-0.1, -0.05) is 6.07 Å². The Morgan fingerprint density at radius 1 is 1.30 bits per heavy atom. The standard InChI is InChI=1S/C13H15BrClF3O2/c1-19-6-7-20-12-3-2-9(8-10(12)14)11(15)4-5-13(16,17)18/h2-3,8,11H,4-7H2,1H3. The summed E-state index contributed by atoms with van der Waals surface area (Å²) in [6, 6.07) is 5.02. The van der Waals surface area contributed by atoms with E-state index in [0.717, 1.165) is 0 Å². The number of halogens is 5. The molecule has 0 aliphatic heterocycles. The van der Waals surface area contributed by atoms with Gasteiger partial charge in [0.25, 0.3) is 0 Å². The van der Waals surface area contributed by atoms with Crippen LogP contribution in [0.5, 0.6) is 5.75 Å². The van der Waals surface area contributed by atoms with Gasteiger partial charge in [0.2, 0.25) is 0 Å². The zero-order chi connectivity index (χ0) is 15.2. The summed E-state index contributed by atoms with van der Waals surface area (Å²) in [5.41, 5.74) is 0.627. The topological polar surface area (TPSA) is 18.5 Å². The van der Waals surface area contributed by atoms with Crippen molar-refractivity contribution in [2.45, 2.75) is 24.4 Å². The molecule has 0 aliphatic carbocycles. The van der Waals surface area contributed by atoms with E-state index in [0.29, 0.717) is 29.0 Å². The maximum atomic E-state index is 12.1. The molecule has 1 atom stereocenters. The molecule has 0 spiro atoms. The highest BCUT2D eigenvalue weighted by molar-refractivity contribution is 9.10. The van der Waals surface area contributed by atoms with Crippen molar-refractivity contribution in [3.63, 3.8) is 0 Å². The second-order valence-corrected chi connectivity index (χ2v) is 5.53. The van der Waals surface area contributed by atoms with E-state index in [1.165, 1.54) is 0 Å². The van der Waals surface area contributed by atoms with Crippen LogP contribution < -0.4 is 4.74 Å². The zero-order valence-electron chi connectivity index (χ0n) is 10.8. The van der Waals surface area contributed by atoms with E-state index < -0.39 is 18.0 Å². The third kappa shape index (κ3) is 6.33. The Kier molecular flexibility index (Phi) is 7.12. The maximum Gasteiger partial charge on any atom is 0.389 e. The van der Waals surface area contributed by atoms with Gasteiger partial charge in [-0.3, -0.25) is 0 Å². The van der Waals surface area contributed by atoms with Crippen LogP contribution >= 0.6 is 27.5 Å². The summed E-state index contributed by atoms with van der Waals surface area (Å²) >= 11 is 9.29. The molecule has 1 aromatic rings. The predicted octanol–water partition coefficient (Wildman–Crippen LogP) is 5.10. The minimum atomic E-state index is -4.19. The van der Waals surface area contributed by atoms with Gasteiger partial charge in [0.1, 0.15) is 12.4 Å². The summed E-state index contributed by atoms with van der Waals surface area (Å²) in [5, 5.41) is -0.680. The number of ether oxygens (including phenoxy) is 2. The van der Waals surface area contributed by atoms with Crippen LogP contribution in [0.1, 0.15) is 23.8 Å². The molecule has 20 heavy (non-hydrogen) atoms. The van der Waals surface area contributed by atoms with Gasteiger partial charge in [-0.15, -0.1) is 11.6 Å². The quantitative estimate of drug-likeness (QED) is 0.488. The van der Waals surface area contributed by atoms with Crippen LogP contribution in [0, 0.1) is 0 Å². The number of benzene rings is 1. The van der Waals surface area contributed by atoms with Crippen molar-refractivity contribution in [2.24, 2.45) is 0 Å². The van der Waals surface area contributed by atoms with Crippen LogP contribution in [0.3, 0.4) is 0 Å². The minimum Gasteiger partial charge on any atom is -0.490 e. The Labute approximate surface area is 129 Å². The first-order valence-corrected chi connectivity index (χ1v) is 7.18. The van der Waals surface area contributed by atoms with Crippen LogP contribution in [0.15, 0.2) is 22.7 Å². The van der Waals surface area contributed by atoms with Crippen molar-refractivity contribution >= 4 is 27.5 Å². The van der Waals surface area contributed by atoms with Crippen LogP contribution in [0.2, 0.25) is 0 Å². The Morgan fingerprint density at radius 3 is 2.55 bits per heavy atom. The van der Waals surface area contributed by atoms with Gasteiger partial charge in [-0.25, -0.2) is 0 Å². The molecule has 0 fully saturated rings. The van der Waals surface area contributed by atoms with Crippen molar-refractivity contribution in [3.05, 3.63) is 28.2 Å². The SMILES string of the molecule is COCCOc1ccc(C(Cl)CCC(F)(F)F)cc1Br. The molecule has 0 N–H and O–H groups in total. The van der Waals surface area contributed by atoms with Crippen molar-refractivity contribution in [3.8, 4) is 5.75 Å². The summed E-state index contributed by atoms with van der Waals surface area (Å²) in [4.78, 5) is 0. The van der Waals surface area contributed by atoms with Crippen LogP contribution in [-0.4, -0.2) is 26.5 Å². The van der Waals surface area contributed by atoms with Crippen LogP contribution in [-0.2, 0) is 4.74 Å². The van der Waals surface area contributed by atoms with Gasteiger partial charge in [0.15, 0.2) is 0 Å². The van der Waals surface area contributed by atoms with Gasteiger partial charge in [-0.05, 0) is 40.0 Å². The Bertz CT molecular complexity index is 427. The second kappa shape index (κ2) is 8.10. The molecule has 0 saturated heterocycles. The molecule has 1 rings (SSSR count). The summed E-state index contributed by atoms with van der Waals surface area (Å²) < 4.78 is 47.4. The zero-order valence-corrected chi connectivity index (χ0v) is 13.2. The van der Waals surface area contributed by atoms with Crippen molar-refractivity contribution in [1.82, 2.24) is 0 Å². The van der Waals surface area contributed by atoms with E-state index in [1.807, 2.05) is 0 Å². The fraction of sp³-hybridized carbons (Fsp3) is 0.538. The average Bonchev–Trinajstić information content (AvgIpc) is 2.37. The first-order valence-electron chi connectivity index (χ1n) is 5.95. The molecule has 7 heteroatoms. The summed E-state index contributed by atoms with van der Waals surface area (Å²) in [5.74, 6) is 0.602. The fourth-order valence-electron chi connectivity index (χ4n) is 1.52. The van der Waals surface area contributed by atoms with Crippen LogP contribution in [0.4, 0.5) is 13.2 Å². The molecule has 0 saturated carbocycles. The molecule has 2 nitrogen and oxygen atoms in total. The third-order valence-electron chi connectivity index (χ3n) is 2.54. The molecule has 0 aliphatic rings. The molecule has 0 amide bonds. The molecule has 114 valence electrons. The molecular formula is C13H15BrClF3O2. The number of alkyl halides is 4. The van der Waals surface area contributed by atoms with Crippen molar-refractivity contribution < 1.29 is 22.6 Å². The Balaban J connectivity index is 2.61. The highest BCUT2D eigenvalue weighted by atomic mass is 79.9. The molecule has 0 radical (unpaired) electrons. The maximum absolute atomic E-state index is 12.1. The fourth-order valence-corrected chi connectivity index (χ4v) is 2.28. The molecule has 1 aromatic carbocycles. The molecular weight excluding hydrogens is 360 g/mol. The predicted molar refractivity (Wildman–Crippen MR) is 75.4 cm³/mol. The largest absolute Gasteiger partial charge is 0.490 e. The van der Waals surface area contributed by atoms with Crippen molar-refractivity contribution in [1.29, 1.82) is 0 Å². The normalized spacial score (nSPS) is 13.3. The lowest BCUT2D eigenvalue weighted by Crippen LogP contribution is -2.08. The molecule has 0 bridgehead atoms.